The number of methoxy groups -OCH3 is 2. The Hall–Kier alpha value is -3.29. The topological polar surface area (TPSA) is 95.6 Å². The molecule has 1 N–H and O–H groups in total. The van der Waals surface area contributed by atoms with Crippen LogP contribution in [0.5, 0.6) is 17.2 Å². The molecule has 1 aromatic carbocycles. The molecule has 0 aliphatic carbocycles. The maximum atomic E-state index is 13.0. The minimum absolute atomic E-state index is 0.0736. The van der Waals surface area contributed by atoms with E-state index >= 15 is 0 Å². The molecule has 0 unspecified atom stereocenters. The lowest BCUT2D eigenvalue weighted by atomic mass is 10.2. The van der Waals surface area contributed by atoms with E-state index in [0.717, 1.165) is 6.07 Å². The maximum Gasteiger partial charge on any atom is 0.261 e. The zero-order chi connectivity index (χ0) is 19.7. The molecule has 142 valence electrons. The Labute approximate surface area is 155 Å². The first-order valence-corrected chi connectivity index (χ1v) is 8.39. The van der Waals surface area contributed by atoms with Gasteiger partial charge in [-0.2, -0.15) is 0 Å². The fourth-order valence-electron chi connectivity index (χ4n) is 3.12. The van der Waals surface area contributed by atoms with Gasteiger partial charge in [-0.15, -0.1) is 0 Å². The number of hydrogen-bond acceptors (Lipinski definition) is 6. The summed E-state index contributed by atoms with van der Waals surface area (Å²) in [6, 6.07) is 5.93. The van der Waals surface area contributed by atoms with E-state index in [0.29, 0.717) is 33.9 Å². The van der Waals surface area contributed by atoms with Crippen LogP contribution >= 0.6 is 0 Å². The first-order chi connectivity index (χ1) is 12.8. The molecule has 0 saturated heterocycles. The second kappa shape index (κ2) is 7.14. The van der Waals surface area contributed by atoms with E-state index in [1.54, 1.807) is 26.0 Å². The SMILES string of the molecule is COc1cc2nc(C)n(CCn3c(C)cc(O)cc3=O)c(=O)c2cc1OC. The first kappa shape index (κ1) is 18.5. The van der Waals surface area contributed by atoms with Crippen molar-refractivity contribution in [2.45, 2.75) is 26.9 Å². The van der Waals surface area contributed by atoms with Gasteiger partial charge in [-0.3, -0.25) is 14.2 Å². The predicted molar refractivity (Wildman–Crippen MR) is 101 cm³/mol. The Morgan fingerprint density at radius 2 is 1.59 bits per heavy atom. The largest absolute Gasteiger partial charge is 0.508 e. The summed E-state index contributed by atoms with van der Waals surface area (Å²) in [6.07, 6.45) is 0. The van der Waals surface area contributed by atoms with Gasteiger partial charge in [0.05, 0.1) is 25.1 Å². The lowest BCUT2D eigenvalue weighted by molar-refractivity contribution is 0.355. The van der Waals surface area contributed by atoms with Gasteiger partial charge in [0.2, 0.25) is 0 Å². The number of benzene rings is 1. The van der Waals surface area contributed by atoms with E-state index in [1.807, 2.05) is 0 Å². The highest BCUT2D eigenvalue weighted by molar-refractivity contribution is 5.82. The van der Waals surface area contributed by atoms with Crippen LogP contribution in [0.4, 0.5) is 0 Å². The van der Waals surface area contributed by atoms with E-state index in [1.165, 1.54) is 29.4 Å². The molecule has 0 spiro atoms. The van der Waals surface area contributed by atoms with Gasteiger partial charge in [0.1, 0.15) is 11.6 Å². The number of rotatable bonds is 5. The van der Waals surface area contributed by atoms with Crippen molar-refractivity contribution in [2.24, 2.45) is 0 Å². The van der Waals surface area contributed by atoms with E-state index in [2.05, 4.69) is 4.98 Å². The molecule has 0 amide bonds. The van der Waals surface area contributed by atoms with Gasteiger partial charge in [-0.1, -0.05) is 0 Å². The van der Waals surface area contributed by atoms with E-state index < -0.39 is 0 Å². The standard InChI is InChI=1S/C19H21N3O5/c1-11-7-13(23)8-18(24)21(11)5-6-22-12(2)20-15-10-17(27-4)16(26-3)9-14(15)19(22)25/h7-10,23H,5-6H2,1-4H3. The van der Waals surface area contributed by atoms with Gasteiger partial charge in [0.15, 0.2) is 11.5 Å². The Kier molecular flexibility index (Phi) is 4.89. The van der Waals surface area contributed by atoms with E-state index in [9.17, 15) is 14.7 Å². The molecule has 27 heavy (non-hydrogen) atoms. The third kappa shape index (κ3) is 3.38. The number of pyridine rings is 1. The Balaban J connectivity index is 2.05. The van der Waals surface area contributed by atoms with Crippen LogP contribution in [0.1, 0.15) is 11.5 Å². The minimum Gasteiger partial charge on any atom is -0.508 e. The number of aromatic hydroxyl groups is 1. The van der Waals surface area contributed by atoms with Crippen LogP contribution in [0.2, 0.25) is 0 Å². The third-order valence-corrected chi connectivity index (χ3v) is 4.52. The molecule has 3 aromatic rings. The third-order valence-electron chi connectivity index (χ3n) is 4.52. The van der Waals surface area contributed by atoms with Gasteiger partial charge in [-0.05, 0) is 26.0 Å². The number of fused-ring (bicyclic) bond motifs is 1. The molecule has 0 aliphatic heterocycles. The lowest BCUT2D eigenvalue weighted by Crippen LogP contribution is -2.29. The maximum absolute atomic E-state index is 13.0. The summed E-state index contributed by atoms with van der Waals surface area (Å²) in [5.41, 5.74) is 0.594. The van der Waals surface area contributed by atoms with Crippen LogP contribution in [-0.2, 0) is 13.1 Å². The van der Waals surface area contributed by atoms with Gasteiger partial charge >= 0.3 is 0 Å². The van der Waals surface area contributed by atoms with Crippen molar-refractivity contribution in [3.63, 3.8) is 0 Å². The number of ether oxygens (including phenoxy) is 2. The smallest absolute Gasteiger partial charge is 0.261 e. The van der Waals surface area contributed by atoms with Gasteiger partial charge in [0, 0.05) is 30.9 Å². The summed E-state index contributed by atoms with van der Waals surface area (Å²) in [5.74, 6) is 1.41. The molecule has 2 heterocycles. The van der Waals surface area contributed by atoms with Crippen molar-refractivity contribution in [3.8, 4) is 17.2 Å². The molecule has 0 atom stereocenters. The molecule has 0 radical (unpaired) electrons. The average Bonchev–Trinajstić information content (AvgIpc) is 2.62. The van der Waals surface area contributed by atoms with Crippen LogP contribution in [0.15, 0.2) is 33.9 Å². The molecular weight excluding hydrogens is 350 g/mol. The Morgan fingerprint density at radius 1 is 0.963 bits per heavy atom. The van der Waals surface area contributed by atoms with E-state index in [4.69, 9.17) is 9.47 Å². The van der Waals surface area contributed by atoms with Crippen LogP contribution in [-0.4, -0.2) is 33.4 Å². The molecule has 8 nitrogen and oxygen atoms in total. The molecule has 0 fully saturated rings. The molecule has 8 heteroatoms. The second-order valence-corrected chi connectivity index (χ2v) is 6.18. The van der Waals surface area contributed by atoms with Crippen LogP contribution in [0, 0.1) is 13.8 Å². The lowest BCUT2D eigenvalue weighted by Gasteiger charge is -2.15. The summed E-state index contributed by atoms with van der Waals surface area (Å²) < 4.78 is 13.6. The minimum atomic E-state index is -0.321. The molecule has 0 aliphatic rings. The normalized spacial score (nSPS) is 11.0. The zero-order valence-electron chi connectivity index (χ0n) is 15.6. The van der Waals surface area contributed by atoms with E-state index in [-0.39, 0.29) is 30.0 Å². The van der Waals surface area contributed by atoms with Gasteiger partial charge < -0.3 is 19.1 Å². The second-order valence-electron chi connectivity index (χ2n) is 6.18. The van der Waals surface area contributed by atoms with Crippen molar-refractivity contribution in [2.75, 3.05) is 14.2 Å². The molecule has 3 rings (SSSR count). The zero-order valence-corrected chi connectivity index (χ0v) is 15.6. The summed E-state index contributed by atoms with van der Waals surface area (Å²) in [5, 5.41) is 9.91. The number of hydrogen-bond donors (Lipinski definition) is 1. The predicted octanol–water partition coefficient (Wildman–Crippen LogP) is 1.60. The van der Waals surface area contributed by atoms with Gasteiger partial charge in [-0.25, -0.2) is 4.98 Å². The van der Waals surface area contributed by atoms with Gasteiger partial charge in [0.25, 0.3) is 11.1 Å². The molecular formula is C19H21N3O5. The Bertz CT molecular complexity index is 1130. The fourth-order valence-corrected chi connectivity index (χ4v) is 3.12. The van der Waals surface area contributed by atoms with Crippen LogP contribution in [0.3, 0.4) is 0 Å². The highest BCUT2D eigenvalue weighted by Crippen LogP contribution is 2.30. The monoisotopic (exact) mass is 371 g/mol. The first-order valence-electron chi connectivity index (χ1n) is 8.39. The fraction of sp³-hybridized carbons (Fsp3) is 0.316. The summed E-state index contributed by atoms with van der Waals surface area (Å²) in [6.45, 7) is 4.02. The quantitative estimate of drug-likeness (QED) is 0.732. The number of nitrogens with zero attached hydrogens (tertiary/aromatic N) is 3. The highest BCUT2D eigenvalue weighted by Gasteiger charge is 2.14. The summed E-state index contributed by atoms with van der Waals surface area (Å²) >= 11 is 0. The number of aromatic nitrogens is 3. The highest BCUT2D eigenvalue weighted by atomic mass is 16.5. The molecule has 2 aromatic heterocycles. The number of aryl methyl sites for hydroxylation is 2. The van der Waals surface area contributed by atoms with Crippen molar-refractivity contribution in [1.82, 2.24) is 14.1 Å². The van der Waals surface area contributed by atoms with Crippen LogP contribution in [0.25, 0.3) is 10.9 Å². The average molecular weight is 371 g/mol. The van der Waals surface area contributed by atoms with Crippen molar-refractivity contribution >= 4 is 10.9 Å². The van der Waals surface area contributed by atoms with Crippen LogP contribution < -0.4 is 20.6 Å². The van der Waals surface area contributed by atoms with Crippen molar-refractivity contribution in [1.29, 1.82) is 0 Å². The Morgan fingerprint density at radius 3 is 2.22 bits per heavy atom. The van der Waals surface area contributed by atoms with Crippen molar-refractivity contribution < 1.29 is 14.6 Å². The van der Waals surface area contributed by atoms with Crippen molar-refractivity contribution in [3.05, 3.63) is 56.5 Å². The molecule has 0 saturated carbocycles. The molecule has 0 bridgehead atoms. The summed E-state index contributed by atoms with van der Waals surface area (Å²) in [4.78, 5) is 29.5. The summed E-state index contributed by atoms with van der Waals surface area (Å²) in [7, 11) is 3.03.